The van der Waals surface area contributed by atoms with E-state index in [0.29, 0.717) is 29.0 Å². The summed E-state index contributed by atoms with van der Waals surface area (Å²) in [5, 5.41) is 11.3. The zero-order chi connectivity index (χ0) is 21.0. The number of hydrogen-bond donors (Lipinski definition) is 1. The van der Waals surface area contributed by atoms with E-state index in [2.05, 4.69) is 10.1 Å². The molecule has 0 saturated carbocycles. The summed E-state index contributed by atoms with van der Waals surface area (Å²) in [6.45, 7) is 1.80. The fraction of sp³-hybridized carbons (Fsp3) is 0.200. The van der Waals surface area contributed by atoms with Gasteiger partial charge < -0.3 is 14.4 Å². The Hall–Kier alpha value is -3.36. The number of oxime groups is 1. The molecule has 0 aliphatic rings. The highest BCUT2D eigenvalue weighted by atomic mass is 19.4. The molecule has 1 N–H and O–H groups in total. The van der Waals surface area contributed by atoms with Crippen molar-refractivity contribution in [1.29, 1.82) is 0 Å². The van der Waals surface area contributed by atoms with Gasteiger partial charge in [0, 0.05) is 12.0 Å². The SMILES string of the molecule is Cc1oc(-c2ccc(C(F)(F)F)cc2)nc1CCOc1ccc(/C=N/O)cc1F. The number of rotatable bonds is 6. The molecule has 0 atom stereocenters. The third kappa shape index (κ3) is 4.92. The summed E-state index contributed by atoms with van der Waals surface area (Å²) in [5.41, 5.74) is 0.604. The average molecular weight is 408 g/mol. The summed E-state index contributed by atoms with van der Waals surface area (Å²) in [4.78, 5) is 4.30. The average Bonchev–Trinajstić information content (AvgIpc) is 3.04. The second-order valence-electron chi connectivity index (χ2n) is 6.13. The Morgan fingerprint density at radius 2 is 1.90 bits per heavy atom. The maximum Gasteiger partial charge on any atom is 0.416 e. The standard InChI is InChI=1S/C20H16F4N2O3/c1-12-17(8-9-28-18-7-2-13(11-25-27)10-16(18)21)26-19(29-12)14-3-5-15(6-4-14)20(22,23)24/h2-7,10-11,27H,8-9H2,1H3/b25-11+. The van der Waals surface area contributed by atoms with Gasteiger partial charge in [-0.05, 0) is 55.0 Å². The van der Waals surface area contributed by atoms with Crippen LogP contribution in [0.3, 0.4) is 0 Å². The van der Waals surface area contributed by atoms with Gasteiger partial charge in [0.25, 0.3) is 0 Å². The zero-order valence-corrected chi connectivity index (χ0v) is 15.2. The Bertz CT molecular complexity index is 1010. The minimum absolute atomic E-state index is 0.0317. The molecule has 0 fully saturated rings. The molecule has 3 rings (SSSR count). The van der Waals surface area contributed by atoms with Crippen LogP contribution in [0.1, 0.15) is 22.6 Å². The monoisotopic (exact) mass is 408 g/mol. The van der Waals surface area contributed by atoms with Crippen molar-refractivity contribution in [3.05, 3.63) is 70.9 Å². The molecule has 9 heteroatoms. The number of aromatic nitrogens is 1. The van der Waals surface area contributed by atoms with Crippen molar-refractivity contribution in [2.24, 2.45) is 5.16 Å². The van der Waals surface area contributed by atoms with Crippen molar-refractivity contribution >= 4 is 6.21 Å². The Balaban J connectivity index is 1.65. The van der Waals surface area contributed by atoms with Gasteiger partial charge in [-0.15, -0.1) is 0 Å². The van der Waals surface area contributed by atoms with Crippen LogP contribution in [-0.4, -0.2) is 23.0 Å². The Labute approximate surface area is 163 Å². The maximum atomic E-state index is 13.9. The summed E-state index contributed by atoms with van der Waals surface area (Å²) < 4.78 is 62.9. The molecule has 0 spiro atoms. The normalized spacial score (nSPS) is 11.9. The number of aryl methyl sites for hydroxylation is 1. The molecule has 3 aromatic rings. The molecule has 2 aromatic carbocycles. The molecule has 0 bridgehead atoms. The van der Waals surface area contributed by atoms with E-state index in [4.69, 9.17) is 14.4 Å². The summed E-state index contributed by atoms with van der Waals surface area (Å²) in [7, 11) is 0. The first-order valence-electron chi connectivity index (χ1n) is 8.51. The lowest BCUT2D eigenvalue weighted by Gasteiger charge is -2.07. The van der Waals surface area contributed by atoms with E-state index < -0.39 is 17.6 Å². The highest BCUT2D eigenvalue weighted by Gasteiger charge is 2.30. The second-order valence-corrected chi connectivity index (χ2v) is 6.13. The number of alkyl halides is 3. The van der Waals surface area contributed by atoms with Gasteiger partial charge in [0.15, 0.2) is 11.6 Å². The van der Waals surface area contributed by atoms with Crippen molar-refractivity contribution in [3.63, 3.8) is 0 Å². The van der Waals surface area contributed by atoms with Gasteiger partial charge in [-0.1, -0.05) is 5.16 Å². The summed E-state index contributed by atoms with van der Waals surface area (Å²) >= 11 is 0. The van der Waals surface area contributed by atoms with Gasteiger partial charge in [-0.2, -0.15) is 13.2 Å². The molecule has 29 heavy (non-hydrogen) atoms. The minimum atomic E-state index is -4.41. The topological polar surface area (TPSA) is 67.9 Å². The molecule has 0 aliphatic carbocycles. The molecular weight excluding hydrogens is 392 g/mol. The van der Waals surface area contributed by atoms with Gasteiger partial charge in [-0.3, -0.25) is 0 Å². The van der Waals surface area contributed by atoms with Crippen LogP contribution >= 0.6 is 0 Å². The largest absolute Gasteiger partial charge is 0.490 e. The predicted octanol–water partition coefficient (Wildman–Crippen LogP) is 5.24. The zero-order valence-electron chi connectivity index (χ0n) is 15.2. The molecular formula is C20H16F4N2O3. The number of ether oxygens (including phenoxy) is 1. The van der Waals surface area contributed by atoms with Crippen LogP contribution in [-0.2, 0) is 12.6 Å². The molecule has 152 valence electrons. The van der Waals surface area contributed by atoms with Gasteiger partial charge in [0.05, 0.1) is 24.1 Å². The maximum absolute atomic E-state index is 13.9. The first-order chi connectivity index (χ1) is 13.8. The van der Waals surface area contributed by atoms with Crippen LogP contribution in [0, 0.1) is 12.7 Å². The van der Waals surface area contributed by atoms with E-state index in [1.54, 1.807) is 6.92 Å². The van der Waals surface area contributed by atoms with Gasteiger partial charge in [0.2, 0.25) is 5.89 Å². The molecule has 0 amide bonds. The van der Waals surface area contributed by atoms with Crippen LogP contribution in [0.2, 0.25) is 0 Å². The highest BCUT2D eigenvalue weighted by Crippen LogP contribution is 2.31. The summed E-state index contributed by atoms with van der Waals surface area (Å²) in [6.07, 6.45) is -3.00. The summed E-state index contributed by atoms with van der Waals surface area (Å²) in [5.74, 6) is 0.123. The van der Waals surface area contributed by atoms with Gasteiger partial charge >= 0.3 is 6.18 Å². The first-order valence-corrected chi connectivity index (χ1v) is 8.51. The lowest BCUT2D eigenvalue weighted by molar-refractivity contribution is -0.137. The van der Waals surface area contributed by atoms with E-state index in [0.717, 1.165) is 18.3 Å². The fourth-order valence-corrected chi connectivity index (χ4v) is 2.62. The van der Waals surface area contributed by atoms with Crippen molar-refractivity contribution in [2.75, 3.05) is 6.61 Å². The van der Waals surface area contributed by atoms with E-state index in [-0.39, 0.29) is 18.2 Å². The lowest BCUT2D eigenvalue weighted by Crippen LogP contribution is -2.04. The van der Waals surface area contributed by atoms with Gasteiger partial charge in [-0.25, -0.2) is 9.37 Å². The minimum Gasteiger partial charge on any atom is -0.490 e. The molecule has 1 aromatic heterocycles. The van der Waals surface area contributed by atoms with Crippen molar-refractivity contribution in [3.8, 4) is 17.2 Å². The molecule has 0 unspecified atom stereocenters. The first kappa shape index (κ1) is 20.4. The number of oxazole rings is 1. The van der Waals surface area contributed by atoms with E-state index >= 15 is 0 Å². The smallest absolute Gasteiger partial charge is 0.416 e. The Morgan fingerprint density at radius 3 is 2.52 bits per heavy atom. The van der Waals surface area contributed by atoms with Crippen LogP contribution < -0.4 is 4.74 Å². The van der Waals surface area contributed by atoms with E-state index in [9.17, 15) is 17.6 Å². The van der Waals surface area contributed by atoms with E-state index in [1.165, 1.54) is 30.3 Å². The number of hydrogen-bond acceptors (Lipinski definition) is 5. The molecule has 5 nitrogen and oxygen atoms in total. The van der Waals surface area contributed by atoms with Crippen molar-refractivity contribution in [1.82, 2.24) is 4.98 Å². The molecule has 0 saturated heterocycles. The molecule has 0 radical (unpaired) electrons. The quantitative estimate of drug-likeness (QED) is 0.262. The highest BCUT2D eigenvalue weighted by molar-refractivity contribution is 5.79. The van der Waals surface area contributed by atoms with Gasteiger partial charge in [0.1, 0.15) is 5.76 Å². The van der Waals surface area contributed by atoms with Crippen LogP contribution in [0.15, 0.2) is 52.0 Å². The lowest BCUT2D eigenvalue weighted by atomic mass is 10.1. The van der Waals surface area contributed by atoms with E-state index in [1.807, 2.05) is 0 Å². The Kier molecular flexibility index (Phi) is 5.86. The third-order valence-electron chi connectivity index (χ3n) is 4.11. The van der Waals surface area contributed by atoms with Crippen molar-refractivity contribution < 1.29 is 31.9 Å². The molecule has 1 heterocycles. The Morgan fingerprint density at radius 1 is 1.17 bits per heavy atom. The summed E-state index contributed by atoms with van der Waals surface area (Å²) in [6, 6.07) is 8.62. The second kappa shape index (κ2) is 8.34. The fourth-order valence-electron chi connectivity index (χ4n) is 2.62. The predicted molar refractivity (Wildman–Crippen MR) is 96.7 cm³/mol. The molecule has 0 aliphatic heterocycles. The van der Waals surface area contributed by atoms with Crippen LogP contribution in [0.4, 0.5) is 17.6 Å². The van der Waals surface area contributed by atoms with Crippen molar-refractivity contribution in [2.45, 2.75) is 19.5 Å². The number of nitrogens with zero attached hydrogens (tertiary/aromatic N) is 2. The number of benzene rings is 2. The number of halogens is 4. The van der Waals surface area contributed by atoms with Crippen LogP contribution in [0.5, 0.6) is 5.75 Å². The van der Waals surface area contributed by atoms with Crippen LogP contribution in [0.25, 0.3) is 11.5 Å². The third-order valence-corrected chi connectivity index (χ3v) is 4.11.